The van der Waals surface area contributed by atoms with Crippen molar-refractivity contribution in [1.82, 2.24) is 4.90 Å². The van der Waals surface area contributed by atoms with Gasteiger partial charge in [0.05, 0.1) is 6.54 Å². The molecule has 18 heavy (non-hydrogen) atoms. The van der Waals surface area contributed by atoms with Gasteiger partial charge in [-0.1, -0.05) is 18.2 Å². The predicted molar refractivity (Wildman–Crippen MR) is 73.3 cm³/mol. The van der Waals surface area contributed by atoms with Crippen molar-refractivity contribution in [3.63, 3.8) is 0 Å². The summed E-state index contributed by atoms with van der Waals surface area (Å²) in [6.07, 6.45) is 3.30. The van der Waals surface area contributed by atoms with Crippen LogP contribution in [0, 0.1) is 0 Å². The Morgan fingerprint density at radius 3 is 2.83 bits per heavy atom. The standard InChI is InChI=1S/C14H21N3O/c15-10-13-8-4-5-9-17(13)14(18)11-16-12-6-2-1-3-7-12/h1-3,6-7,13,16H,4-5,8-11,15H2. The number of nitrogens with two attached hydrogens (primary N) is 1. The Balaban J connectivity index is 1.87. The highest BCUT2D eigenvalue weighted by atomic mass is 16.2. The number of amides is 1. The molecule has 1 amide bonds. The van der Waals surface area contributed by atoms with Crippen LogP contribution >= 0.6 is 0 Å². The summed E-state index contributed by atoms with van der Waals surface area (Å²) in [5.41, 5.74) is 6.70. The Morgan fingerprint density at radius 1 is 1.33 bits per heavy atom. The van der Waals surface area contributed by atoms with Gasteiger partial charge in [-0.15, -0.1) is 0 Å². The molecule has 4 nitrogen and oxygen atoms in total. The molecule has 0 radical (unpaired) electrons. The summed E-state index contributed by atoms with van der Waals surface area (Å²) in [5.74, 6) is 0.147. The topological polar surface area (TPSA) is 58.4 Å². The monoisotopic (exact) mass is 247 g/mol. The first-order valence-corrected chi connectivity index (χ1v) is 6.59. The van der Waals surface area contributed by atoms with E-state index in [0.29, 0.717) is 13.1 Å². The van der Waals surface area contributed by atoms with Crippen LogP contribution in [0.25, 0.3) is 0 Å². The van der Waals surface area contributed by atoms with Crippen molar-refractivity contribution in [2.45, 2.75) is 25.3 Å². The third kappa shape index (κ3) is 3.23. The van der Waals surface area contributed by atoms with Crippen LogP contribution < -0.4 is 11.1 Å². The van der Waals surface area contributed by atoms with Gasteiger partial charge in [-0.3, -0.25) is 4.79 Å². The van der Waals surface area contributed by atoms with Crippen LogP contribution in [0.1, 0.15) is 19.3 Å². The maximum Gasteiger partial charge on any atom is 0.242 e. The molecule has 0 aliphatic carbocycles. The molecule has 4 heteroatoms. The lowest BCUT2D eigenvalue weighted by Crippen LogP contribution is -2.49. The van der Waals surface area contributed by atoms with Crippen LogP contribution in [0.3, 0.4) is 0 Å². The molecule has 3 N–H and O–H groups in total. The van der Waals surface area contributed by atoms with Gasteiger partial charge in [0.15, 0.2) is 0 Å². The Labute approximate surface area is 108 Å². The van der Waals surface area contributed by atoms with Gasteiger partial charge >= 0.3 is 0 Å². The molecule has 0 aromatic heterocycles. The molecule has 1 saturated heterocycles. The Bertz CT molecular complexity index is 380. The summed E-state index contributed by atoms with van der Waals surface area (Å²) in [4.78, 5) is 14.1. The Morgan fingerprint density at radius 2 is 2.11 bits per heavy atom. The highest BCUT2D eigenvalue weighted by molar-refractivity contribution is 5.81. The van der Waals surface area contributed by atoms with E-state index in [9.17, 15) is 4.79 Å². The number of benzene rings is 1. The van der Waals surface area contributed by atoms with E-state index in [1.165, 1.54) is 6.42 Å². The molecule has 0 bridgehead atoms. The number of likely N-dealkylation sites (tertiary alicyclic amines) is 1. The maximum atomic E-state index is 12.1. The summed E-state index contributed by atoms with van der Waals surface area (Å²) in [6, 6.07) is 10.0. The van der Waals surface area contributed by atoms with E-state index >= 15 is 0 Å². The lowest BCUT2D eigenvalue weighted by Gasteiger charge is -2.35. The quantitative estimate of drug-likeness (QED) is 0.846. The largest absolute Gasteiger partial charge is 0.376 e. The third-order valence-corrected chi connectivity index (χ3v) is 3.44. The number of para-hydroxylation sites is 1. The van der Waals surface area contributed by atoms with Crippen molar-refractivity contribution in [3.8, 4) is 0 Å². The van der Waals surface area contributed by atoms with Gasteiger partial charge in [0.25, 0.3) is 0 Å². The highest BCUT2D eigenvalue weighted by Crippen LogP contribution is 2.16. The Hall–Kier alpha value is -1.55. The molecule has 1 aliphatic rings. The molecule has 1 aromatic carbocycles. The molecular weight excluding hydrogens is 226 g/mol. The number of nitrogens with one attached hydrogen (secondary N) is 1. The fraction of sp³-hybridized carbons (Fsp3) is 0.500. The first kappa shape index (κ1) is 12.9. The molecule has 98 valence electrons. The molecule has 1 atom stereocenters. The second kappa shape index (κ2) is 6.40. The van der Waals surface area contributed by atoms with Gasteiger partial charge in [0.2, 0.25) is 5.91 Å². The molecule has 1 unspecified atom stereocenters. The normalized spacial score (nSPS) is 19.6. The average Bonchev–Trinajstić information content (AvgIpc) is 2.45. The molecule has 0 spiro atoms. The van der Waals surface area contributed by atoms with E-state index in [2.05, 4.69) is 5.32 Å². The first-order valence-electron chi connectivity index (χ1n) is 6.59. The van der Waals surface area contributed by atoms with Crippen molar-refractivity contribution < 1.29 is 4.79 Å². The van der Waals surface area contributed by atoms with Gasteiger partial charge in [-0.2, -0.15) is 0 Å². The minimum absolute atomic E-state index is 0.147. The van der Waals surface area contributed by atoms with Crippen LogP contribution in [0.15, 0.2) is 30.3 Å². The minimum Gasteiger partial charge on any atom is -0.376 e. The Kier molecular flexibility index (Phi) is 4.59. The van der Waals surface area contributed by atoms with Crippen LogP contribution in [-0.2, 0) is 4.79 Å². The van der Waals surface area contributed by atoms with E-state index in [4.69, 9.17) is 5.73 Å². The lowest BCUT2D eigenvalue weighted by atomic mass is 10.0. The fourth-order valence-electron chi connectivity index (χ4n) is 2.41. The van der Waals surface area contributed by atoms with Crippen molar-refractivity contribution in [1.29, 1.82) is 0 Å². The number of rotatable bonds is 4. The summed E-state index contributed by atoms with van der Waals surface area (Å²) in [7, 11) is 0. The van der Waals surface area contributed by atoms with E-state index < -0.39 is 0 Å². The summed E-state index contributed by atoms with van der Waals surface area (Å²) >= 11 is 0. The summed E-state index contributed by atoms with van der Waals surface area (Å²) < 4.78 is 0. The highest BCUT2D eigenvalue weighted by Gasteiger charge is 2.24. The van der Waals surface area contributed by atoms with Crippen molar-refractivity contribution in [2.24, 2.45) is 5.73 Å². The van der Waals surface area contributed by atoms with Crippen LogP contribution in [0.5, 0.6) is 0 Å². The van der Waals surface area contributed by atoms with Gasteiger partial charge in [-0.05, 0) is 31.4 Å². The second-order valence-corrected chi connectivity index (χ2v) is 4.69. The van der Waals surface area contributed by atoms with Crippen molar-refractivity contribution >= 4 is 11.6 Å². The van der Waals surface area contributed by atoms with Crippen LogP contribution in [0.4, 0.5) is 5.69 Å². The smallest absolute Gasteiger partial charge is 0.242 e. The molecule has 1 fully saturated rings. The molecule has 1 aliphatic heterocycles. The molecule has 1 aromatic rings. The number of hydrogen-bond donors (Lipinski definition) is 2. The van der Waals surface area contributed by atoms with E-state index in [0.717, 1.165) is 25.1 Å². The zero-order valence-corrected chi connectivity index (χ0v) is 10.6. The number of carbonyl (C=O) groups excluding carboxylic acids is 1. The molecule has 0 saturated carbocycles. The lowest BCUT2D eigenvalue weighted by molar-refractivity contribution is -0.132. The van der Waals surface area contributed by atoms with Gasteiger partial charge in [0.1, 0.15) is 0 Å². The van der Waals surface area contributed by atoms with E-state index in [-0.39, 0.29) is 11.9 Å². The third-order valence-electron chi connectivity index (χ3n) is 3.44. The first-order chi connectivity index (χ1) is 8.81. The SMILES string of the molecule is NCC1CCCCN1C(=O)CNc1ccccc1. The predicted octanol–water partition coefficient (Wildman–Crippen LogP) is 1.44. The average molecular weight is 247 g/mol. The number of nitrogens with zero attached hydrogens (tertiary/aromatic N) is 1. The zero-order valence-electron chi connectivity index (χ0n) is 10.6. The number of piperidine rings is 1. The molecular formula is C14H21N3O. The molecule has 1 heterocycles. The maximum absolute atomic E-state index is 12.1. The van der Waals surface area contributed by atoms with E-state index in [1.807, 2.05) is 35.2 Å². The van der Waals surface area contributed by atoms with Crippen LogP contribution in [0.2, 0.25) is 0 Å². The van der Waals surface area contributed by atoms with Gasteiger partial charge in [-0.25, -0.2) is 0 Å². The minimum atomic E-state index is 0.147. The van der Waals surface area contributed by atoms with Gasteiger partial charge in [0, 0.05) is 24.8 Å². The van der Waals surface area contributed by atoms with E-state index in [1.54, 1.807) is 0 Å². The summed E-state index contributed by atoms with van der Waals surface area (Å²) in [5, 5.41) is 3.15. The number of anilines is 1. The molecule has 2 rings (SSSR count). The number of hydrogen-bond acceptors (Lipinski definition) is 3. The summed E-state index contributed by atoms with van der Waals surface area (Å²) in [6.45, 7) is 1.76. The number of carbonyl (C=O) groups is 1. The second-order valence-electron chi connectivity index (χ2n) is 4.69. The van der Waals surface area contributed by atoms with Crippen molar-refractivity contribution in [2.75, 3.05) is 25.0 Å². The van der Waals surface area contributed by atoms with Crippen molar-refractivity contribution in [3.05, 3.63) is 30.3 Å². The fourth-order valence-corrected chi connectivity index (χ4v) is 2.41. The van der Waals surface area contributed by atoms with Crippen LogP contribution in [-0.4, -0.2) is 36.5 Å². The van der Waals surface area contributed by atoms with Gasteiger partial charge < -0.3 is 16.0 Å². The zero-order chi connectivity index (χ0) is 12.8.